The van der Waals surface area contributed by atoms with E-state index in [-0.39, 0.29) is 53.6 Å². The Balaban J connectivity index is 0.00000160. The van der Waals surface area contributed by atoms with Crippen LogP contribution >= 0.6 is 0 Å². The molecule has 0 N–H and O–H groups in total. The molecule has 0 aliphatic carbocycles. The van der Waals surface area contributed by atoms with Crippen LogP contribution in [-0.4, -0.2) is 17.4 Å². The molecule has 5 rings (SSSR count). The molecule has 0 radical (unpaired) electrons. The maximum absolute atomic E-state index is 12.3. The first kappa shape index (κ1) is 29.7. The van der Waals surface area contributed by atoms with Gasteiger partial charge in [-0.2, -0.15) is 0 Å². The largest absolute Gasteiger partial charge is 2.00 e. The Bertz CT molecular complexity index is 1440. The molecule has 37 heavy (non-hydrogen) atoms. The van der Waals surface area contributed by atoms with Gasteiger partial charge in [-0.1, -0.05) is 90.4 Å². The first-order valence-electron chi connectivity index (χ1n) is 11.0. The van der Waals surface area contributed by atoms with Crippen molar-refractivity contribution in [3.05, 3.63) is 114 Å². The minimum absolute atomic E-state index is 0. The Kier molecular flexibility index (Phi) is 11.0. The van der Waals surface area contributed by atoms with E-state index < -0.39 is 0 Å². The average molecular weight is 714 g/mol. The summed E-state index contributed by atoms with van der Waals surface area (Å²) in [5, 5.41) is 28.4. The zero-order valence-corrected chi connectivity index (χ0v) is 23.9. The average Bonchev–Trinajstić information content (AvgIpc) is 2.87. The second kappa shape index (κ2) is 13.7. The number of aliphatic imine (C=N–C) groups is 2. The Morgan fingerprint density at radius 2 is 1.00 bits per heavy atom. The van der Waals surface area contributed by atoms with E-state index in [1.54, 1.807) is 24.6 Å². The molecule has 0 aliphatic rings. The van der Waals surface area contributed by atoms with Crippen LogP contribution in [0.25, 0.3) is 21.5 Å². The summed E-state index contributed by atoms with van der Waals surface area (Å²) < 4.78 is 0. The molecule has 0 spiro atoms. The third-order valence-corrected chi connectivity index (χ3v) is 5.67. The molecule has 186 valence electrons. The predicted molar refractivity (Wildman–Crippen MR) is 135 cm³/mol. The van der Waals surface area contributed by atoms with Crippen LogP contribution in [0.15, 0.2) is 101 Å². The van der Waals surface area contributed by atoms with Crippen molar-refractivity contribution in [1.29, 1.82) is 0 Å². The maximum Gasteiger partial charge on any atom is 0.0812 e. The number of hydrogen-bond acceptors (Lipinski definition) is 5. The molecule has 8 heteroatoms. The maximum atomic E-state index is 12.3. The van der Waals surface area contributed by atoms with Gasteiger partial charge in [0.25, 0.3) is 0 Å². The molecule has 7 nitrogen and oxygen atoms in total. The standard InChI is InChI=1S/C29H23N3O2.2O.U/c33-28-14-12-20-6-1-3-10-24(20)26(28)18-30-16-22-8-5-9-23(32-22)17-31-19-27-25-11-4-2-7-21(25)13-15-29(27)34;;;/h1-15,18-19,33-34H,16-17H2;;;/q;2*-2;/p-2. The van der Waals surface area contributed by atoms with E-state index in [9.17, 15) is 10.2 Å². The Hall–Kier alpha value is -3.54. The molecule has 5 aromatic rings. The van der Waals surface area contributed by atoms with Crippen LogP contribution in [0.2, 0.25) is 0 Å². The van der Waals surface area contributed by atoms with Gasteiger partial charge in [0.15, 0.2) is 0 Å². The van der Waals surface area contributed by atoms with Crippen molar-refractivity contribution in [2.24, 2.45) is 9.98 Å². The second-order valence-electron chi connectivity index (χ2n) is 7.96. The molecule has 1 aromatic heterocycles. The Morgan fingerprint density at radius 1 is 0.568 bits per heavy atom. The van der Waals surface area contributed by atoms with Crippen LogP contribution in [0, 0.1) is 31.1 Å². The van der Waals surface area contributed by atoms with Gasteiger partial charge in [0.1, 0.15) is 0 Å². The van der Waals surface area contributed by atoms with E-state index in [2.05, 4.69) is 15.0 Å². The van der Waals surface area contributed by atoms with E-state index in [1.807, 2.05) is 78.9 Å². The number of nitrogens with zero attached hydrogens (tertiary/aromatic N) is 3. The van der Waals surface area contributed by atoms with Gasteiger partial charge < -0.3 is 21.2 Å². The van der Waals surface area contributed by atoms with Crippen LogP contribution < -0.4 is 10.2 Å². The van der Waals surface area contributed by atoms with Crippen molar-refractivity contribution in [2.45, 2.75) is 13.1 Å². The summed E-state index contributed by atoms with van der Waals surface area (Å²) in [4.78, 5) is 13.6. The molecule has 0 atom stereocenters. The van der Waals surface area contributed by atoms with Crippen LogP contribution in [0.1, 0.15) is 22.5 Å². The van der Waals surface area contributed by atoms with Gasteiger partial charge in [0.05, 0.1) is 24.5 Å². The van der Waals surface area contributed by atoms with Gasteiger partial charge in [-0.3, -0.25) is 15.0 Å². The summed E-state index contributed by atoms with van der Waals surface area (Å²) >= 11 is 0. The van der Waals surface area contributed by atoms with Gasteiger partial charge >= 0.3 is 0 Å². The van der Waals surface area contributed by atoms with E-state index in [0.29, 0.717) is 24.2 Å². The molecule has 4 aromatic carbocycles. The van der Waals surface area contributed by atoms with E-state index in [4.69, 9.17) is 0 Å². The minimum Gasteiger partial charge on any atom is -2.00 e. The van der Waals surface area contributed by atoms with Crippen molar-refractivity contribution in [1.82, 2.24) is 4.98 Å². The molecule has 0 saturated carbocycles. The molecule has 0 unspecified atom stereocenters. The zero-order chi connectivity index (χ0) is 23.3. The summed E-state index contributed by atoms with van der Waals surface area (Å²) in [5.41, 5.74) is 2.74. The van der Waals surface area contributed by atoms with E-state index in [0.717, 1.165) is 32.9 Å². The SMILES string of the molecule is [O-2].[O-2].[O-]c1ccc2ccccc2c1C=NCc1cccc(CN=Cc2c([O-])ccc3ccccc23)n1.[U]. The number of aromatic nitrogens is 1. The Labute approximate surface area is 238 Å². The second-order valence-corrected chi connectivity index (χ2v) is 7.96. The molecule has 1 heterocycles. The normalized spacial score (nSPS) is 10.8. The van der Waals surface area contributed by atoms with Crippen molar-refractivity contribution >= 4 is 34.0 Å². The third kappa shape index (κ3) is 6.82. The minimum atomic E-state index is -0.0512. The van der Waals surface area contributed by atoms with Gasteiger partial charge in [-0.05, 0) is 44.8 Å². The summed E-state index contributed by atoms with van der Waals surface area (Å²) in [6.45, 7) is 0.711. The number of fused-ring (bicyclic) bond motifs is 2. The van der Waals surface area contributed by atoms with Crippen molar-refractivity contribution in [3.8, 4) is 11.5 Å². The molecule has 0 bridgehead atoms. The molecule has 0 fully saturated rings. The molecule has 0 aliphatic heterocycles. The fourth-order valence-corrected chi connectivity index (χ4v) is 3.98. The van der Waals surface area contributed by atoms with Crippen molar-refractivity contribution < 1.29 is 52.3 Å². The predicted octanol–water partition coefficient (Wildman–Crippen LogP) is 4.54. The van der Waals surface area contributed by atoms with Crippen LogP contribution in [-0.2, 0) is 24.0 Å². The Morgan fingerprint density at radius 3 is 1.46 bits per heavy atom. The van der Waals surface area contributed by atoms with Gasteiger partial charge in [-0.15, -0.1) is 0 Å². The molecular formula is C29H21N3O4U-6. The summed E-state index contributed by atoms with van der Waals surface area (Å²) in [6, 6.07) is 28.0. The fraction of sp³-hybridized carbons (Fsp3) is 0.0690. The third-order valence-electron chi connectivity index (χ3n) is 5.67. The topological polar surface area (TPSA) is 141 Å². The van der Waals surface area contributed by atoms with Gasteiger partial charge in [0.2, 0.25) is 0 Å². The number of benzene rings is 4. The van der Waals surface area contributed by atoms with Crippen molar-refractivity contribution in [3.63, 3.8) is 0 Å². The van der Waals surface area contributed by atoms with Gasteiger partial charge in [0, 0.05) is 43.5 Å². The quantitative estimate of drug-likeness (QED) is 0.239. The van der Waals surface area contributed by atoms with E-state index in [1.165, 1.54) is 0 Å². The first-order chi connectivity index (χ1) is 16.7. The molecule has 0 saturated heterocycles. The number of hydrogen-bond donors (Lipinski definition) is 0. The monoisotopic (exact) mass is 713 g/mol. The number of rotatable bonds is 6. The molecular weight excluding hydrogens is 692 g/mol. The molecule has 0 amide bonds. The van der Waals surface area contributed by atoms with E-state index >= 15 is 0 Å². The van der Waals surface area contributed by atoms with Crippen LogP contribution in [0.3, 0.4) is 0 Å². The van der Waals surface area contributed by atoms with Gasteiger partial charge in [-0.25, -0.2) is 0 Å². The summed E-state index contributed by atoms with van der Waals surface area (Å²) in [5.74, 6) is -0.102. The summed E-state index contributed by atoms with van der Waals surface area (Å²) in [6.07, 6.45) is 3.26. The van der Waals surface area contributed by atoms with Crippen LogP contribution in [0.5, 0.6) is 11.5 Å². The van der Waals surface area contributed by atoms with Crippen molar-refractivity contribution in [2.75, 3.05) is 0 Å². The first-order valence-corrected chi connectivity index (χ1v) is 11.0. The van der Waals surface area contributed by atoms with Crippen LogP contribution in [0.4, 0.5) is 0 Å². The number of pyridine rings is 1. The summed E-state index contributed by atoms with van der Waals surface area (Å²) in [7, 11) is 0. The smallest absolute Gasteiger partial charge is 0.0812 e. The zero-order valence-electron chi connectivity index (χ0n) is 19.7. The fourth-order valence-electron chi connectivity index (χ4n) is 3.98.